The molecule has 0 radical (unpaired) electrons. The van der Waals surface area contributed by atoms with Crippen LogP contribution in [0.25, 0.3) is 0 Å². The Morgan fingerprint density at radius 1 is 1.03 bits per heavy atom. The van der Waals surface area contributed by atoms with Crippen LogP contribution in [0.1, 0.15) is 65.5 Å². The van der Waals surface area contributed by atoms with Gasteiger partial charge in [-0.2, -0.15) is 0 Å². The molecule has 1 fully saturated rings. The second kappa shape index (κ2) is 8.04. The van der Waals surface area contributed by atoms with Gasteiger partial charge in [0.15, 0.2) is 0 Å². The number of aromatic nitrogens is 2. The molecule has 5 rings (SSSR count). The minimum Gasteiger partial charge on any atom is -0.496 e. The number of fused-ring (bicyclic) bond motifs is 2. The molecule has 0 saturated carbocycles. The molecule has 3 heterocycles. The number of hydrogen-bond donors (Lipinski definition) is 0. The Morgan fingerprint density at radius 2 is 1.90 bits per heavy atom. The number of piperidine rings is 1. The standard InChI is InChI=1S/C24H32N4O/c1-27-11-9-21-20(15-27)14-25-24(26-21)22-8-3-4-10-28(22)16-19-12-17-6-5-7-18(17)13-23(19)29-2/h12-14,22H,3-11,15-16H2,1-2H3/t22-/m0/s1. The number of aryl methyl sites for hydroxylation is 2. The first-order valence-electron chi connectivity index (χ1n) is 11.2. The Kier molecular flexibility index (Phi) is 5.27. The quantitative estimate of drug-likeness (QED) is 0.794. The highest BCUT2D eigenvalue weighted by atomic mass is 16.5. The van der Waals surface area contributed by atoms with E-state index in [1.807, 2.05) is 0 Å². The SMILES string of the molecule is COc1cc2c(cc1CN1CCCC[C@H]1c1ncc3c(n1)CCN(C)C3)CCC2. The topological polar surface area (TPSA) is 41.5 Å². The van der Waals surface area contributed by atoms with Gasteiger partial charge in [-0.05, 0) is 62.9 Å². The maximum absolute atomic E-state index is 5.77. The van der Waals surface area contributed by atoms with Crippen molar-refractivity contribution in [2.45, 2.75) is 64.1 Å². The van der Waals surface area contributed by atoms with Crippen LogP contribution in [0, 0.1) is 0 Å². The molecule has 3 aliphatic rings. The summed E-state index contributed by atoms with van der Waals surface area (Å²) in [5.74, 6) is 2.07. The normalized spacial score (nSPS) is 22.3. The second-order valence-corrected chi connectivity index (χ2v) is 8.96. The first-order valence-corrected chi connectivity index (χ1v) is 11.2. The number of nitrogens with zero attached hydrogens (tertiary/aromatic N) is 4. The summed E-state index contributed by atoms with van der Waals surface area (Å²) in [6.45, 7) is 4.08. The maximum atomic E-state index is 5.77. The lowest BCUT2D eigenvalue weighted by atomic mass is 9.98. The molecule has 2 aliphatic heterocycles. The molecular formula is C24H32N4O. The molecular weight excluding hydrogens is 360 g/mol. The number of methoxy groups -OCH3 is 1. The Bertz CT molecular complexity index is 897. The van der Waals surface area contributed by atoms with E-state index >= 15 is 0 Å². The van der Waals surface area contributed by atoms with Gasteiger partial charge in [-0.15, -0.1) is 0 Å². The zero-order valence-electron chi connectivity index (χ0n) is 17.8. The van der Waals surface area contributed by atoms with Crippen molar-refractivity contribution in [1.82, 2.24) is 19.8 Å². The third-order valence-corrected chi connectivity index (χ3v) is 6.92. The average molecular weight is 393 g/mol. The van der Waals surface area contributed by atoms with Gasteiger partial charge in [0.1, 0.15) is 11.6 Å². The molecule has 1 aliphatic carbocycles. The van der Waals surface area contributed by atoms with Crippen LogP contribution >= 0.6 is 0 Å². The predicted molar refractivity (Wildman–Crippen MR) is 114 cm³/mol. The lowest BCUT2D eigenvalue weighted by Crippen LogP contribution is -2.35. The van der Waals surface area contributed by atoms with Gasteiger partial charge in [-0.25, -0.2) is 9.97 Å². The first kappa shape index (κ1) is 19.0. The number of rotatable bonds is 4. The molecule has 0 bridgehead atoms. The number of ether oxygens (including phenoxy) is 1. The molecule has 1 saturated heterocycles. The zero-order chi connectivity index (χ0) is 19.8. The fraction of sp³-hybridized carbons (Fsp3) is 0.583. The highest BCUT2D eigenvalue weighted by molar-refractivity contribution is 5.45. The van der Waals surface area contributed by atoms with Crippen molar-refractivity contribution in [3.63, 3.8) is 0 Å². The van der Waals surface area contributed by atoms with Gasteiger partial charge in [0, 0.05) is 49.1 Å². The van der Waals surface area contributed by atoms with Gasteiger partial charge in [-0.1, -0.05) is 12.5 Å². The van der Waals surface area contributed by atoms with E-state index in [-0.39, 0.29) is 0 Å². The molecule has 0 amide bonds. The minimum absolute atomic E-state index is 0.312. The van der Waals surface area contributed by atoms with Crippen molar-refractivity contribution in [3.05, 3.63) is 52.1 Å². The summed E-state index contributed by atoms with van der Waals surface area (Å²) in [7, 11) is 3.97. The number of hydrogen-bond acceptors (Lipinski definition) is 5. The van der Waals surface area contributed by atoms with Crippen molar-refractivity contribution in [3.8, 4) is 5.75 Å². The largest absolute Gasteiger partial charge is 0.496 e. The number of benzene rings is 1. The minimum atomic E-state index is 0.312. The van der Waals surface area contributed by atoms with E-state index in [0.717, 1.165) is 50.6 Å². The molecule has 1 aromatic heterocycles. The molecule has 5 heteroatoms. The highest BCUT2D eigenvalue weighted by Crippen LogP contribution is 2.35. The lowest BCUT2D eigenvalue weighted by Gasteiger charge is -2.35. The molecule has 0 unspecified atom stereocenters. The van der Waals surface area contributed by atoms with Gasteiger partial charge in [0.2, 0.25) is 0 Å². The van der Waals surface area contributed by atoms with Crippen LogP contribution in [0.3, 0.4) is 0 Å². The van der Waals surface area contributed by atoms with Gasteiger partial charge in [0.25, 0.3) is 0 Å². The van der Waals surface area contributed by atoms with Crippen molar-refractivity contribution in [2.24, 2.45) is 0 Å². The van der Waals surface area contributed by atoms with Gasteiger partial charge in [-0.3, -0.25) is 4.90 Å². The second-order valence-electron chi connectivity index (χ2n) is 8.96. The molecule has 0 spiro atoms. The van der Waals surface area contributed by atoms with E-state index < -0.39 is 0 Å². The highest BCUT2D eigenvalue weighted by Gasteiger charge is 2.29. The number of likely N-dealkylation sites (tertiary alicyclic amines) is 1. The Hall–Kier alpha value is -1.98. The fourth-order valence-corrected chi connectivity index (χ4v) is 5.29. The summed E-state index contributed by atoms with van der Waals surface area (Å²) < 4.78 is 5.77. The summed E-state index contributed by atoms with van der Waals surface area (Å²) in [5.41, 5.74) is 6.87. The number of likely N-dealkylation sites (N-methyl/N-ethyl adjacent to an activating group) is 1. The summed E-state index contributed by atoms with van der Waals surface area (Å²) >= 11 is 0. The van der Waals surface area contributed by atoms with Crippen LogP contribution < -0.4 is 4.74 Å². The Balaban J connectivity index is 1.41. The smallest absolute Gasteiger partial charge is 0.145 e. The van der Waals surface area contributed by atoms with Crippen LogP contribution in [-0.2, 0) is 32.4 Å². The van der Waals surface area contributed by atoms with E-state index in [1.54, 1.807) is 7.11 Å². The molecule has 1 atom stereocenters. The zero-order valence-corrected chi connectivity index (χ0v) is 17.8. The van der Waals surface area contributed by atoms with Crippen molar-refractivity contribution >= 4 is 0 Å². The van der Waals surface area contributed by atoms with E-state index in [4.69, 9.17) is 14.7 Å². The van der Waals surface area contributed by atoms with Crippen molar-refractivity contribution in [2.75, 3.05) is 27.2 Å². The van der Waals surface area contributed by atoms with E-state index in [9.17, 15) is 0 Å². The maximum Gasteiger partial charge on any atom is 0.145 e. The third-order valence-electron chi connectivity index (χ3n) is 6.92. The first-order chi connectivity index (χ1) is 14.2. The molecule has 154 valence electrons. The predicted octanol–water partition coefficient (Wildman–Crippen LogP) is 3.69. The van der Waals surface area contributed by atoms with Gasteiger partial charge < -0.3 is 9.64 Å². The van der Waals surface area contributed by atoms with Crippen LogP contribution in [0.4, 0.5) is 0 Å². The van der Waals surface area contributed by atoms with E-state index in [2.05, 4.69) is 35.2 Å². The summed E-state index contributed by atoms with van der Waals surface area (Å²) in [4.78, 5) is 14.8. The van der Waals surface area contributed by atoms with Gasteiger partial charge in [0.05, 0.1) is 13.2 Å². The molecule has 5 nitrogen and oxygen atoms in total. The average Bonchev–Trinajstić information content (AvgIpc) is 3.20. The molecule has 29 heavy (non-hydrogen) atoms. The Morgan fingerprint density at radius 3 is 2.76 bits per heavy atom. The summed E-state index contributed by atoms with van der Waals surface area (Å²) in [6.07, 6.45) is 10.4. The molecule has 0 N–H and O–H groups in total. The van der Waals surface area contributed by atoms with E-state index in [1.165, 1.54) is 60.1 Å². The van der Waals surface area contributed by atoms with Crippen molar-refractivity contribution < 1.29 is 4.74 Å². The van der Waals surface area contributed by atoms with Crippen LogP contribution in [0.15, 0.2) is 18.3 Å². The van der Waals surface area contributed by atoms with E-state index in [0.29, 0.717) is 6.04 Å². The monoisotopic (exact) mass is 392 g/mol. The van der Waals surface area contributed by atoms with Crippen LogP contribution in [0.5, 0.6) is 5.75 Å². The van der Waals surface area contributed by atoms with Crippen LogP contribution in [-0.4, -0.2) is 47.0 Å². The fourth-order valence-electron chi connectivity index (χ4n) is 5.29. The molecule has 2 aromatic rings. The summed E-state index contributed by atoms with van der Waals surface area (Å²) in [5, 5.41) is 0. The third kappa shape index (κ3) is 3.78. The summed E-state index contributed by atoms with van der Waals surface area (Å²) in [6, 6.07) is 4.99. The molecule has 1 aromatic carbocycles. The lowest BCUT2D eigenvalue weighted by molar-refractivity contribution is 0.132. The van der Waals surface area contributed by atoms with Crippen molar-refractivity contribution in [1.29, 1.82) is 0 Å². The van der Waals surface area contributed by atoms with Gasteiger partial charge >= 0.3 is 0 Å². The van der Waals surface area contributed by atoms with Crippen LogP contribution in [0.2, 0.25) is 0 Å². The Labute approximate surface area is 174 Å².